The number of hydrogen-bond donors (Lipinski definition) is 2. The molecule has 2 N–H and O–H groups in total. The van der Waals surface area contributed by atoms with Crippen LogP contribution in [0.2, 0.25) is 0 Å². The molecule has 1 heterocycles. The van der Waals surface area contributed by atoms with Gasteiger partial charge in [0.05, 0.1) is 30.1 Å². The maximum Gasteiger partial charge on any atom is 0.272 e. The van der Waals surface area contributed by atoms with Crippen molar-refractivity contribution in [2.75, 3.05) is 24.4 Å². The Morgan fingerprint density at radius 1 is 0.936 bits per heavy atom. The van der Waals surface area contributed by atoms with Crippen LogP contribution in [-0.2, 0) is 14.4 Å². The number of amides is 4. The number of nitro benzene ring substituents is 1. The molecule has 4 aromatic rings. The van der Waals surface area contributed by atoms with Gasteiger partial charge in [-0.05, 0) is 66.7 Å². The molecule has 0 saturated carbocycles. The van der Waals surface area contributed by atoms with Crippen molar-refractivity contribution in [1.29, 1.82) is 0 Å². The molecule has 0 bridgehead atoms. The zero-order valence-electron chi connectivity index (χ0n) is 25.2. The van der Waals surface area contributed by atoms with Gasteiger partial charge >= 0.3 is 0 Å². The van der Waals surface area contributed by atoms with Crippen LogP contribution in [0.5, 0.6) is 11.5 Å². The summed E-state index contributed by atoms with van der Waals surface area (Å²) in [5.74, 6) is -1.05. The number of hydrogen-bond acceptors (Lipinski definition) is 9. The van der Waals surface area contributed by atoms with Crippen molar-refractivity contribution in [3.05, 3.63) is 124 Å². The van der Waals surface area contributed by atoms with Gasteiger partial charge in [-0.1, -0.05) is 24.3 Å². The highest BCUT2D eigenvalue weighted by molar-refractivity contribution is 8.00. The fourth-order valence-electron chi connectivity index (χ4n) is 4.75. The second kappa shape index (κ2) is 14.4. The lowest BCUT2D eigenvalue weighted by molar-refractivity contribution is -0.384. The summed E-state index contributed by atoms with van der Waals surface area (Å²) in [6.45, 7) is 0. The maximum atomic E-state index is 13.6. The van der Waals surface area contributed by atoms with Gasteiger partial charge in [-0.2, -0.15) is 0 Å². The summed E-state index contributed by atoms with van der Waals surface area (Å²) in [6.07, 6.45) is 1.41. The Balaban J connectivity index is 1.36. The summed E-state index contributed by atoms with van der Waals surface area (Å²) in [7, 11) is 2.99. The van der Waals surface area contributed by atoms with Crippen LogP contribution in [-0.4, -0.2) is 48.0 Å². The number of nitrogens with zero attached hydrogens (tertiary/aromatic N) is 2. The smallest absolute Gasteiger partial charge is 0.272 e. The fourth-order valence-corrected chi connectivity index (χ4v) is 5.86. The Bertz CT molecular complexity index is 1880. The summed E-state index contributed by atoms with van der Waals surface area (Å²) in [5, 5.41) is 15.7. The van der Waals surface area contributed by atoms with E-state index >= 15 is 0 Å². The van der Waals surface area contributed by atoms with E-state index in [0.29, 0.717) is 33.2 Å². The molecule has 1 atom stereocenters. The van der Waals surface area contributed by atoms with Gasteiger partial charge in [0.1, 0.15) is 17.2 Å². The molecule has 5 rings (SSSR count). The topological polar surface area (TPSA) is 157 Å². The molecule has 0 radical (unpaired) electrons. The lowest BCUT2D eigenvalue weighted by Crippen LogP contribution is -2.31. The van der Waals surface area contributed by atoms with Crippen molar-refractivity contribution < 1.29 is 33.6 Å². The van der Waals surface area contributed by atoms with Crippen LogP contribution in [0, 0.1) is 10.1 Å². The predicted molar refractivity (Wildman–Crippen MR) is 176 cm³/mol. The third kappa shape index (κ3) is 7.65. The summed E-state index contributed by atoms with van der Waals surface area (Å²) in [5.41, 5.74) is 1.23. The standard InChI is InChI=1S/C34H28N4O8S/c1-45-26-15-16-29(46-2)22(17-26)18-28(36-32(40)21-7-4-3-5-8-21)33(41)35-23-9-6-10-27(19-23)47-30-20-31(39)37(34(30)42)24-11-13-25(14-12-24)38(43)44/h3-19,30H,20H2,1-2H3,(H,35,41)(H,36,40)/b28-18-/t30-/m1/s1. The molecule has 0 spiro atoms. The second-order valence-electron chi connectivity index (χ2n) is 10.1. The van der Waals surface area contributed by atoms with Crippen molar-refractivity contribution in [2.24, 2.45) is 0 Å². The number of non-ortho nitro benzene ring substituents is 1. The Labute approximate surface area is 273 Å². The Morgan fingerprint density at radius 2 is 1.68 bits per heavy atom. The van der Waals surface area contributed by atoms with Crippen LogP contribution >= 0.6 is 11.8 Å². The number of ether oxygens (including phenoxy) is 2. The lowest BCUT2D eigenvalue weighted by Gasteiger charge is -2.15. The Morgan fingerprint density at radius 3 is 2.36 bits per heavy atom. The predicted octanol–water partition coefficient (Wildman–Crippen LogP) is 5.45. The molecule has 4 aromatic carbocycles. The number of thioether (sulfide) groups is 1. The molecule has 4 amide bonds. The molecular weight excluding hydrogens is 624 g/mol. The number of rotatable bonds is 11. The average molecular weight is 653 g/mol. The number of anilines is 2. The largest absolute Gasteiger partial charge is 0.497 e. The summed E-state index contributed by atoms with van der Waals surface area (Å²) in [6, 6.07) is 25.4. The normalized spacial score (nSPS) is 14.5. The third-order valence-electron chi connectivity index (χ3n) is 7.06. The van der Waals surface area contributed by atoms with E-state index < -0.39 is 33.8 Å². The molecule has 0 aromatic heterocycles. The van der Waals surface area contributed by atoms with Crippen LogP contribution in [0.15, 0.2) is 108 Å². The molecule has 238 valence electrons. The van der Waals surface area contributed by atoms with Crippen LogP contribution in [0.4, 0.5) is 17.1 Å². The van der Waals surface area contributed by atoms with Gasteiger partial charge in [-0.25, -0.2) is 4.90 Å². The SMILES string of the molecule is COc1ccc(OC)c(/C=C(\NC(=O)c2ccccc2)C(=O)Nc2cccc(S[C@@H]3CC(=O)N(c4ccc([N+](=O)[O-])cc4)C3=O)c2)c1. The highest BCUT2D eigenvalue weighted by Crippen LogP contribution is 2.35. The summed E-state index contributed by atoms with van der Waals surface area (Å²) < 4.78 is 10.8. The number of nitrogens with one attached hydrogen (secondary N) is 2. The van der Waals surface area contributed by atoms with Gasteiger partial charge in [0.25, 0.3) is 17.5 Å². The highest BCUT2D eigenvalue weighted by Gasteiger charge is 2.40. The molecule has 0 aliphatic carbocycles. The highest BCUT2D eigenvalue weighted by atomic mass is 32.2. The van der Waals surface area contributed by atoms with Gasteiger partial charge in [0.2, 0.25) is 11.8 Å². The number of carbonyl (C=O) groups is 4. The van der Waals surface area contributed by atoms with Gasteiger partial charge in [-0.15, -0.1) is 11.8 Å². The minimum absolute atomic E-state index is 0.0706. The van der Waals surface area contributed by atoms with E-state index in [0.717, 1.165) is 16.7 Å². The zero-order valence-corrected chi connectivity index (χ0v) is 26.0. The van der Waals surface area contributed by atoms with Crippen LogP contribution in [0.25, 0.3) is 6.08 Å². The molecule has 1 fully saturated rings. The fraction of sp³-hybridized carbons (Fsp3) is 0.118. The molecule has 12 nitrogen and oxygen atoms in total. The van der Waals surface area contributed by atoms with Crippen molar-refractivity contribution >= 4 is 58.5 Å². The molecule has 0 unspecified atom stereocenters. The third-order valence-corrected chi connectivity index (χ3v) is 8.24. The minimum Gasteiger partial charge on any atom is -0.497 e. The monoisotopic (exact) mass is 652 g/mol. The molecule has 1 aliphatic rings. The molecular formula is C34H28N4O8S. The van der Waals surface area contributed by atoms with Crippen LogP contribution < -0.4 is 25.0 Å². The number of nitro groups is 1. The van der Waals surface area contributed by atoms with E-state index in [2.05, 4.69) is 10.6 Å². The average Bonchev–Trinajstić information content (AvgIpc) is 3.36. The van der Waals surface area contributed by atoms with Crippen molar-refractivity contribution in [1.82, 2.24) is 5.32 Å². The quantitative estimate of drug-likeness (QED) is 0.0931. The number of methoxy groups -OCH3 is 2. The van der Waals surface area contributed by atoms with E-state index in [9.17, 15) is 29.3 Å². The number of carbonyl (C=O) groups excluding carboxylic acids is 4. The van der Waals surface area contributed by atoms with E-state index in [1.165, 1.54) is 44.6 Å². The van der Waals surface area contributed by atoms with E-state index in [1.54, 1.807) is 72.8 Å². The van der Waals surface area contributed by atoms with E-state index in [4.69, 9.17) is 9.47 Å². The maximum absolute atomic E-state index is 13.6. The number of benzene rings is 4. The molecule has 47 heavy (non-hydrogen) atoms. The van der Waals surface area contributed by atoms with Gasteiger partial charge < -0.3 is 20.1 Å². The van der Waals surface area contributed by atoms with Gasteiger partial charge in [-0.3, -0.25) is 29.3 Å². The van der Waals surface area contributed by atoms with Crippen LogP contribution in [0.1, 0.15) is 22.3 Å². The van der Waals surface area contributed by atoms with Gasteiger partial charge in [0.15, 0.2) is 0 Å². The van der Waals surface area contributed by atoms with Crippen molar-refractivity contribution in [3.63, 3.8) is 0 Å². The minimum atomic E-state index is -0.746. The first kappa shape index (κ1) is 32.4. The van der Waals surface area contributed by atoms with Crippen molar-refractivity contribution in [3.8, 4) is 11.5 Å². The molecule has 1 aliphatic heterocycles. The summed E-state index contributed by atoms with van der Waals surface area (Å²) >= 11 is 1.15. The van der Waals surface area contributed by atoms with Crippen molar-refractivity contribution in [2.45, 2.75) is 16.6 Å². The molecule has 13 heteroatoms. The molecule has 1 saturated heterocycles. The van der Waals surface area contributed by atoms with E-state index in [-0.39, 0.29) is 23.5 Å². The Hall–Kier alpha value is -5.95. The van der Waals surface area contributed by atoms with Crippen LogP contribution in [0.3, 0.4) is 0 Å². The first-order valence-corrected chi connectivity index (χ1v) is 15.0. The van der Waals surface area contributed by atoms with Gasteiger partial charge in [0, 0.05) is 40.3 Å². The lowest BCUT2D eigenvalue weighted by atomic mass is 10.1. The first-order valence-electron chi connectivity index (χ1n) is 14.2. The summed E-state index contributed by atoms with van der Waals surface area (Å²) in [4.78, 5) is 64.7. The number of imide groups is 1. The second-order valence-corrected chi connectivity index (χ2v) is 11.4. The first-order chi connectivity index (χ1) is 22.7. The Kier molecular flexibility index (Phi) is 9.96. The zero-order chi connectivity index (χ0) is 33.5. The van der Waals surface area contributed by atoms with E-state index in [1.807, 2.05) is 0 Å².